The summed E-state index contributed by atoms with van der Waals surface area (Å²) in [6.07, 6.45) is 0.563. The van der Waals surface area contributed by atoms with Gasteiger partial charge in [-0.25, -0.2) is 4.98 Å². The molecule has 2 N–H and O–H groups in total. The van der Waals surface area contributed by atoms with E-state index in [2.05, 4.69) is 15.0 Å². The van der Waals surface area contributed by atoms with Crippen molar-refractivity contribution in [2.75, 3.05) is 5.73 Å². The number of halogens is 1. The minimum Gasteiger partial charge on any atom is -0.368 e. The first-order valence-corrected chi connectivity index (χ1v) is 6.89. The molecule has 0 aliphatic carbocycles. The summed E-state index contributed by atoms with van der Waals surface area (Å²) in [6.45, 7) is 0. The Morgan fingerprint density at radius 1 is 0.905 bits per heavy atom. The molecule has 4 nitrogen and oxygen atoms in total. The minimum atomic E-state index is 0.223. The predicted molar refractivity (Wildman–Crippen MR) is 83.9 cm³/mol. The third-order valence-electron chi connectivity index (χ3n) is 2.98. The van der Waals surface area contributed by atoms with Crippen molar-refractivity contribution >= 4 is 17.5 Å². The Labute approximate surface area is 127 Å². The highest BCUT2D eigenvalue weighted by molar-refractivity contribution is 6.30. The summed E-state index contributed by atoms with van der Waals surface area (Å²) in [7, 11) is 0. The van der Waals surface area contributed by atoms with E-state index < -0.39 is 0 Å². The lowest BCUT2D eigenvalue weighted by atomic mass is 10.1. The number of hydrogen-bond acceptors (Lipinski definition) is 4. The third-order valence-corrected chi connectivity index (χ3v) is 3.22. The Kier molecular flexibility index (Phi) is 3.79. The first-order chi connectivity index (χ1) is 10.2. The zero-order valence-electron chi connectivity index (χ0n) is 11.2. The minimum absolute atomic E-state index is 0.223. The topological polar surface area (TPSA) is 64.7 Å². The second kappa shape index (κ2) is 5.89. The fourth-order valence-corrected chi connectivity index (χ4v) is 2.28. The van der Waals surface area contributed by atoms with Crippen LogP contribution in [0.1, 0.15) is 11.4 Å². The Balaban J connectivity index is 1.95. The average Bonchev–Trinajstić information content (AvgIpc) is 2.47. The SMILES string of the molecule is Nc1nc(Cc2cccc(Cl)c2)nc(-c2ccccc2)n1. The van der Waals surface area contributed by atoms with Gasteiger partial charge < -0.3 is 5.73 Å². The van der Waals surface area contributed by atoms with Gasteiger partial charge in [0.05, 0.1) is 0 Å². The van der Waals surface area contributed by atoms with E-state index in [1.807, 2.05) is 54.6 Å². The summed E-state index contributed by atoms with van der Waals surface area (Å²) in [5.41, 5.74) is 7.74. The molecule has 0 atom stereocenters. The Morgan fingerprint density at radius 2 is 1.71 bits per heavy atom. The zero-order valence-corrected chi connectivity index (χ0v) is 12.0. The van der Waals surface area contributed by atoms with Gasteiger partial charge >= 0.3 is 0 Å². The van der Waals surface area contributed by atoms with Crippen LogP contribution in [0.3, 0.4) is 0 Å². The fraction of sp³-hybridized carbons (Fsp3) is 0.0625. The Morgan fingerprint density at radius 3 is 2.48 bits per heavy atom. The number of aromatic nitrogens is 3. The van der Waals surface area contributed by atoms with Gasteiger partial charge in [-0.1, -0.05) is 54.1 Å². The number of nitrogens with zero attached hydrogens (tertiary/aromatic N) is 3. The monoisotopic (exact) mass is 296 g/mol. The first-order valence-electron chi connectivity index (χ1n) is 6.51. The molecule has 0 amide bonds. The number of anilines is 1. The van der Waals surface area contributed by atoms with Crippen LogP contribution in [-0.2, 0) is 6.42 Å². The van der Waals surface area contributed by atoms with E-state index in [9.17, 15) is 0 Å². The molecule has 0 unspecified atom stereocenters. The van der Waals surface area contributed by atoms with Gasteiger partial charge in [-0.2, -0.15) is 9.97 Å². The fourth-order valence-electron chi connectivity index (χ4n) is 2.06. The predicted octanol–water partition coefficient (Wildman–Crippen LogP) is 3.37. The van der Waals surface area contributed by atoms with Crippen LogP contribution in [0.25, 0.3) is 11.4 Å². The van der Waals surface area contributed by atoms with E-state index in [-0.39, 0.29) is 5.95 Å². The van der Waals surface area contributed by atoms with Gasteiger partial charge in [0.25, 0.3) is 0 Å². The zero-order chi connectivity index (χ0) is 14.7. The molecule has 0 aliphatic rings. The third kappa shape index (κ3) is 3.35. The highest BCUT2D eigenvalue weighted by atomic mass is 35.5. The molecule has 104 valence electrons. The maximum absolute atomic E-state index is 5.99. The highest BCUT2D eigenvalue weighted by Crippen LogP contribution is 2.17. The number of rotatable bonds is 3. The van der Waals surface area contributed by atoms with Crippen LogP contribution in [0.15, 0.2) is 54.6 Å². The van der Waals surface area contributed by atoms with E-state index >= 15 is 0 Å². The van der Waals surface area contributed by atoms with Gasteiger partial charge in [0.1, 0.15) is 5.82 Å². The summed E-state index contributed by atoms with van der Waals surface area (Å²) < 4.78 is 0. The van der Waals surface area contributed by atoms with Gasteiger partial charge in [0.2, 0.25) is 5.95 Å². The van der Waals surface area contributed by atoms with Crippen LogP contribution < -0.4 is 5.73 Å². The van der Waals surface area contributed by atoms with Gasteiger partial charge in [-0.15, -0.1) is 0 Å². The average molecular weight is 297 g/mol. The molecule has 1 heterocycles. The van der Waals surface area contributed by atoms with Crippen LogP contribution in [0.2, 0.25) is 5.02 Å². The van der Waals surface area contributed by atoms with Crippen molar-refractivity contribution in [1.29, 1.82) is 0 Å². The quantitative estimate of drug-likeness (QED) is 0.805. The highest BCUT2D eigenvalue weighted by Gasteiger charge is 2.07. The maximum atomic E-state index is 5.99. The first kappa shape index (κ1) is 13.5. The van der Waals surface area contributed by atoms with Crippen molar-refractivity contribution in [3.05, 3.63) is 71.0 Å². The van der Waals surface area contributed by atoms with Crippen molar-refractivity contribution in [3.63, 3.8) is 0 Å². The molecule has 0 saturated carbocycles. The van der Waals surface area contributed by atoms with Gasteiger partial charge in [-0.3, -0.25) is 0 Å². The van der Waals surface area contributed by atoms with E-state index in [1.165, 1.54) is 0 Å². The van der Waals surface area contributed by atoms with E-state index in [1.54, 1.807) is 0 Å². The summed E-state index contributed by atoms with van der Waals surface area (Å²) in [6, 6.07) is 17.3. The number of nitrogen functional groups attached to an aromatic ring is 1. The standard InChI is InChI=1S/C16H13ClN4/c17-13-8-4-5-11(9-13)10-14-19-15(21-16(18)20-14)12-6-2-1-3-7-12/h1-9H,10H2,(H2,18,19,20,21). The van der Waals surface area contributed by atoms with E-state index in [0.717, 1.165) is 11.1 Å². The van der Waals surface area contributed by atoms with Crippen molar-refractivity contribution in [3.8, 4) is 11.4 Å². The molecular weight excluding hydrogens is 284 g/mol. The molecular formula is C16H13ClN4. The van der Waals surface area contributed by atoms with Crippen molar-refractivity contribution in [1.82, 2.24) is 15.0 Å². The molecule has 21 heavy (non-hydrogen) atoms. The lowest BCUT2D eigenvalue weighted by Gasteiger charge is -2.05. The normalized spacial score (nSPS) is 10.5. The van der Waals surface area contributed by atoms with E-state index in [0.29, 0.717) is 23.1 Å². The van der Waals surface area contributed by atoms with Crippen molar-refractivity contribution in [2.24, 2.45) is 0 Å². The number of hydrogen-bond donors (Lipinski definition) is 1. The molecule has 3 aromatic rings. The molecule has 3 rings (SSSR count). The summed E-state index contributed by atoms with van der Waals surface area (Å²) >= 11 is 5.99. The maximum Gasteiger partial charge on any atom is 0.223 e. The molecule has 0 radical (unpaired) electrons. The van der Waals surface area contributed by atoms with Gasteiger partial charge in [-0.05, 0) is 17.7 Å². The molecule has 2 aromatic carbocycles. The smallest absolute Gasteiger partial charge is 0.223 e. The second-order valence-electron chi connectivity index (χ2n) is 4.61. The van der Waals surface area contributed by atoms with Gasteiger partial charge in [0, 0.05) is 17.0 Å². The van der Waals surface area contributed by atoms with Gasteiger partial charge in [0.15, 0.2) is 5.82 Å². The van der Waals surface area contributed by atoms with Crippen LogP contribution in [0.5, 0.6) is 0 Å². The Bertz CT molecular complexity index is 759. The second-order valence-corrected chi connectivity index (χ2v) is 5.04. The molecule has 0 fully saturated rings. The molecule has 0 saturated heterocycles. The van der Waals surface area contributed by atoms with Crippen LogP contribution >= 0.6 is 11.6 Å². The summed E-state index contributed by atoms with van der Waals surface area (Å²) in [5.74, 6) is 1.43. The lowest BCUT2D eigenvalue weighted by molar-refractivity contribution is 0.936. The number of benzene rings is 2. The lowest BCUT2D eigenvalue weighted by Crippen LogP contribution is -2.05. The van der Waals surface area contributed by atoms with Crippen molar-refractivity contribution in [2.45, 2.75) is 6.42 Å². The van der Waals surface area contributed by atoms with Crippen molar-refractivity contribution < 1.29 is 0 Å². The van der Waals surface area contributed by atoms with Crippen LogP contribution in [0, 0.1) is 0 Å². The largest absolute Gasteiger partial charge is 0.368 e. The molecule has 1 aromatic heterocycles. The molecule has 5 heteroatoms. The molecule has 0 bridgehead atoms. The number of nitrogens with two attached hydrogens (primary N) is 1. The summed E-state index contributed by atoms with van der Waals surface area (Å²) in [4.78, 5) is 12.9. The van der Waals surface area contributed by atoms with Crippen LogP contribution in [0.4, 0.5) is 5.95 Å². The summed E-state index contributed by atoms with van der Waals surface area (Å²) in [5, 5.41) is 0.692. The molecule has 0 aliphatic heterocycles. The Hall–Kier alpha value is -2.46. The van der Waals surface area contributed by atoms with Crippen LogP contribution in [-0.4, -0.2) is 15.0 Å². The molecule has 0 spiro atoms. The van der Waals surface area contributed by atoms with E-state index in [4.69, 9.17) is 17.3 Å².